The number of fused-ring (bicyclic) bond motifs is 1. The topological polar surface area (TPSA) is 9.23 Å². The first-order valence-electron chi connectivity index (χ1n) is 11.7. The molecular formula is C28H30F4O. The van der Waals surface area contributed by atoms with Crippen LogP contribution < -0.4 is 0 Å². The highest BCUT2D eigenvalue weighted by Gasteiger charge is 2.30. The summed E-state index contributed by atoms with van der Waals surface area (Å²) in [6, 6.07) is 15.0. The lowest BCUT2D eigenvalue weighted by atomic mass is 9.77. The summed E-state index contributed by atoms with van der Waals surface area (Å²) in [5, 5.41) is 1.52. The summed E-state index contributed by atoms with van der Waals surface area (Å²) in [4.78, 5) is 0. The van der Waals surface area contributed by atoms with Crippen LogP contribution in [0.5, 0.6) is 0 Å². The van der Waals surface area contributed by atoms with Gasteiger partial charge in [0.1, 0.15) is 5.82 Å². The molecule has 0 amide bonds. The van der Waals surface area contributed by atoms with Crippen molar-refractivity contribution in [3.8, 4) is 0 Å². The molecule has 0 spiro atoms. The van der Waals surface area contributed by atoms with Crippen molar-refractivity contribution in [3.05, 3.63) is 82.7 Å². The van der Waals surface area contributed by atoms with Crippen LogP contribution in [-0.4, -0.2) is 13.7 Å². The van der Waals surface area contributed by atoms with Gasteiger partial charge < -0.3 is 4.74 Å². The molecule has 1 saturated carbocycles. The Morgan fingerprint density at radius 1 is 0.879 bits per heavy atom. The summed E-state index contributed by atoms with van der Waals surface area (Å²) in [5.41, 5.74) is 1.97. The number of rotatable bonds is 7. The lowest BCUT2D eigenvalue weighted by molar-refractivity contribution is -0.137. The van der Waals surface area contributed by atoms with Gasteiger partial charge in [-0.15, -0.1) is 0 Å². The second kappa shape index (κ2) is 10.3. The third-order valence-corrected chi connectivity index (χ3v) is 7.07. The van der Waals surface area contributed by atoms with Gasteiger partial charge in [-0.3, -0.25) is 0 Å². The van der Waals surface area contributed by atoms with Crippen molar-refractivity contribution in [1.29, 1.82) is 0 Å². The molecule has 5 heteroatoms. The quantitative estimate of drug-likeness (QED) is 0.325. The van der Waals surface area contributed by atoms with Gasteiger partial charge in [-0.05, 0) is 91.0 Å². The number of halogens is 4. The van der Waals surface area contributed by atoms with E-state index in [0.717, 1.165) is 54.9 Å². The van der Waals surface area contributed by atoms with Gasteiger partial charge in [0.2, 0.25) is 0 Å². The van der Waals surface area contributed by atoms with Gasteiger partial charge >= 0.3 is 6.18 Å². The molecule has 0 aliphatic heterocycles. The Morgan fingerprint density at radius 3 is 2.27 bits per heavy atom. The minimum absolute atomic E-state index is 0.228. The number of hydrogen-bond acceptors (Lipinski definition) is 1. The predicted molar refractivity (Wildman–Crippen MR) is 124 cm³/mol. The second-order valence-corrected chi connectivity index (χ2v) is 9.21. The van der Waals surface area contributed by atoms with E-state index in [0.29, 0.717) is 29.7 Å². The lowest BCUT2D eigenvalue weighted by Gasteiger charge is -2.29. The van der Waals surface area contributed by atoms with Crippen molar-refractivity contribution in [2.45, 2.75) is 57.0 Å². The van der Waals surface area contributed by atoms with Gasteiger partial charge in [0.15, 0.2) is 0 Å². The van der Waals surface area contributed by atoms with Crippen LogP contribution >= 0.6 is 0 Å². The van der Waals surface area contributed by atoms with Crippen LogP contribution in [0.1, 0.15) is 60.3 Å². The first-order chi connectivity index (χ1) is 15.8. The van der Waals surface area contributed by atoms with E-state index in [2.05, 4.69) is 12.1 Å². The standard InChI is InChI=1S/C28H30F4O/c1-33-17-16-20-2-7-21(8-3-20)23-12-15-26-24(18-23)11-10-22(27(26)29)9-4-19-5-13-25(14-6-19)28(30,31)32/h5-6,10-15,18,20-21H,2-4,7-9,16-17H2,1H3. The van der Waals surface area contributed by atoms with E-state index in [1.807, 2.05) is 18.2 Å². The van der Waals surface area contributed by atoms with E-state index >= 15 is 4.39 Å². The second-order valence-electron chi connectivity index (χ2n) is 9.21. The molecule has 0 aromatic heterocycles. The molecule has 3 aromatic carbocycles. The summed E-state index contributed by atoms with van der Waals surface area (Å²) in [5.74, 6) is 1.04. The largest absolute Gasteiger partial charge is 0.416 e. The first kappa shape index (κ1) is 23.7. The van der Waals surface area contributed by atoms with Crippen molar-refractivity contribution < 1.29 is 22.3 Å². The molecule has 0 saturated heterocycles. The van der Waals surface area contributed by atoms with E-state index in [1.165, 1.54) is 30.5 Å². The van der Waals surface area contributed by atoms with Gasteiger partial charge in [0.05, 0.1) is 5.56 Å². The highest BCUT2D eigenvalue weighted by molar-refractivity contribution is 5.84. The molecule has 0 atom stereocenters. The highest BCUT2D eigenvalue weighted by Crippen LogP contribution is 2.38. The normalized spacial score (nSPS) is 19.2. The van der Waals surface area contributed by atoms with E-state index in [-0.39, 0.29) is 5.82 Å². The Hall–Kier alpha value is -2.40. The number of aryl methyl sites for hydroxylation is 2. The van der Waals surface area contributed by atoms with Gasteiger partial charge in [-0.2, -0.15) is 13.2 Å². The smallest absolute Gasteiger partial charge is 0.385 e. The highest BCUT2D eigenvalue weighted by atomic mass is 19.4. The SMILES string of the molecule is COCCC1CCC(c2ccc3c(F)c(CCc4ccc(C(F)(F)F)cc4)ccc3c2)CC1. The van der Waals surface area contributed by atoms with E-state index in [9.17, 15) is 13.2 Å². The maximum atomic E-state index is 15.2. The summed E-state index contributed by atoms with van der Waals surface area (Å²) >= 11 is 0. The van der Waals surface area contributed by atoms with Crippen LogP contribution in [0.2, 0.25) is 0 Å². The van der Waals surface area contributed by atoms with Crippen LogP contribution in [0.25, 0.3) is 10.8 Å². The molecule has 0 heterocycles. The minimum Gasteiger partial charge on any atom is -0.385 e. The summed E-state index contributed by atoms with van der Waals surface area (Å²) in [6.07, 6.45) is 2.46. The van der Waals surface area contributed by atoms with Gasteiger partial charge in [0, 0.05) is 19.1 Å². The van der Waals surface area contributed by atoms with Crippen LogP contribution in [-0.2, 0) is 23.8 Å². The zero-order valence-electron chi connectivity index (χ0n) is 18.9. The Labute approximate surface area is 192 Å². The summed E-state index contributed by atoms with van der Waals surface area (Å²) in [6.45, 7) is 0.825. The van der Waals surface area contributed by atoms with Crippen molar-refractivity contribution in [1.82, 2.24) is 0 Å². The Bertz CT molecular complexity index is 1060. The molecule has 4 rings (SSSR count). The van der Waals surface area contributed by atoms with Crippen molar-refractivity contribution in [2.24, 2.45) is 5.92 Å². The molecule has 1 fully saturated rings. The summed E-state index contributed by atoms with van der Waals surface area (Å²) in [7, 11) is 1.75. The van der Waals surface area contributed by atoms with Gasteiger partial charge in [-0.25, -0.2) is 4.39 Å². The zero-order chi connectivity index (χ0) is 23.4. The van der Waals surface area contributed by atoms with Gasteiger partial charge in [0.25, 0.3) is 0 Å². The Kier molecular flexibility index (Phi) is 7.38. The fourth-order valence-electron chi connectivity index (χ4n) is 5.01. The maximum absolute atomic E-state index is 15.2. The Morgan fingerprint density at radius 2 is 1.61 bits per heavy atom. The fourth-order valence-corrected chi connectivity index (χ4v) is 5.01. The fraction of sp³-hybridized carbons (Fsp3) is 0.429. The summed E-state index contributed by atoms with van der Waals surface area (Å²) < 4.78 is 58.6. The van der Waals surface area contributed by atoms with Gasteiger partial charge in [-0.1, -0.05) is 42.5 Å². The van der Waals surface area contributed by atoms with Crippen LogP contribution in [0.4, 0.5) is 17.6 Å². The Balaban J connectivity index is 1.42. The first-order valence-corrected chi connectivity index (χ1v) is 11.7. The monoisotopic (exact) mass is 458 g/mol. The molecule has 1 aliphatic carbocycles. The minimum atomic E-state index is -4.34. The molecule has 0 unspecified atom stereocenters. The molecule has 33 heavy (non-hydrogen) atoms. The average Bonchev–Trinajstić information content (AvgIpc) is 2.82. The number of hydrogen-bond donors (Lipinski definition) is 0. The number of methoxy groups -OCH3 is 1. The maximum Gasteiger partial charge on any atom is 0.416 e. The van der Waals surface area contributed by atoms with Crippen molar-refractivity contribution >= 4 is 10.8 Å². The average molecular weight is 459 g/mol. The van der Waals surface area contributed by atoms with E-state index < -0.39 is 11.7 Å². The third kappa shape index (κ3) is 5.75. The number of ether oxygens (including phenoxy) is 1. The zero-order valence-corrected chi connectivity index (χ0v) is 18.9. The number of alkyl halides is 3. The van der Waals surface area contributed by atoms with Crippen LogP contribution in [0.15, 0.2) is 54.6 Å². The van der Waals surface area contributed by atoms with Crippen molar-refractivity contribution in [3.63, 3.8) is 0 Å². The van der Waals surface area contributed by atoms with E-state index in [1.54, 1.807) is 7.11 Å². The molecular weight excluding hydrogens is 428 g/mol. The molecule has 1 aliphatic rings. The molecule has 0 bridgehead atoms. The molecule has 0 radical (unpaired) electrons. The molecule has 0 N–H and O–H groups in total. The van der Waals surface area contributed by atoms with Crippen molar-refractivity contribution in [2.75, 3.05) is 13.7 Å². The van der Waals surface area contributed by atoms with Crippen LogP contribution in [0, 0.1) is 11.7 Å². The van der Waals surface area contributed by atoms with E-state index in [4.69, 9.17) is 4.74 Å². The predicted octanol–water partition coefficient (Wildman–Crippen LogP) is 8.09. The lowest BCUT2D eigenvalue weighted by Crippen LogP contribution is -2.14. The third-order valence-electron chi connectivity index (χ3n) is 7.07. The van der Waals surface area contributed by atoms with Crippen LogP contribution in [0.3, 0.4) is 0 Å². The molecule has 176 valence electrons. The number of benzene rings is 3. The molecule has 1 nitrogen and oxygen atoms in total. The molecule has 3 aromatic rings.